The Balaban J connectivity index is 1.82. The van der Waals surface area contributed by atoms with Gasteiger partial charge >= 0.3 is 0 Å². The van der Waals surface area contributed by atoms with E-state index >= 15 is 0 Å². The third-order valence-electron chi connectivity index (χ3n) is 2.73. The third kappa shape index (κ3) is 3.48. The molecule has 88 valence electrons. The Morgan fingerprint density at radius 1 is 1.56 bits per heavy atom. The van der Waals surface area contributed by atoms with Crippen molar-refractivity contribution in [3.63, 3.8) is 0 Å². The van der Waals surface area contributed by atoms with Crippen LogP contribution in [0.1, 0.15) is 6.42 Å². The lowest BCUT2D eigenvalue weighted by Gasteiger charge is -2.15. The average molecular weight is 303 g/mol. The number of ether oxygens (including phenoxy) is 1. The first-order valence-electron chi connectivity index (χ1n) is 5.40. The second-order valence-corrected chi connectivity index (χ2v) is 5.97. The molecule has 0 amide bonds. The zero-order chi connectivity index (χ0) is 11.4. The van der Waals surface area contributed by atoms with Gasteiger partial charge in [0.15, 0.2) is 0 Å². The van der Waals surface area contributed by atoms with E-state index < -0.39 is 0 Å². The van der Waals surface area contributed by atoms with E-state index in [2.05, 4.69) is 28.1 Å². The van der Waals surface area contributed by atoms with Gasteiger partial charge in [0, 0.05) is 27.6 Å². The lowest BCUT2D eigenvalue weighted by Crippen LogP contribution is -2.22. The highest BCUT2D eigenvalue weighted by molar-refractivity contribution is 9.10. The van der Waals surface area contributed by atoms with Crippen LogP contribution in [0.5, 0.6) is 0 Å². The van der Waals surface area contributed by atoms with Gasteiger partial charge in [-0.2, -0.15) is 0 Å². The zero-order valence-electron chi connectivity index (χ0n) is 8.93. The van der Waals surface area contributed by atoms with Crippen LogP contribution in [0.2, 0.25) is 0 Å². The van der Waals surface area contributed by atoms with Crippen molar-refractivity contribution in [3.05, 3.63) is 28.7 Å². The van der Waals surface area contributed by atoms with Crippen molar-refractivity contribution in [1.82, 2.24) is 0 Å². The van der Waals surface area contributed by atoms with Crippen molar-refractivity contribution < 1.29 is 9.84 Å². The molecule has 0 bridgehead atoms. The van der Waals surface area contributed by atoms with E-state index in [4.69, 9.17) is 4.74 Å². The summed E-state index contributed by atoms with van der Waals surface area (Å²) in [4.78, 5) is 1.19. The average Bonchev–Trinajstić information content (AvgIpc) is 2.79. The van der Waals surface area contributed by atoms with Gasteiger partial charge in [0.25, 0.3) is 0 Å². The van der Waals surface area contributed by atoms with Crippen molar-refractivity contribution in [2.24, 2.45) is 5.92 Å². The molecule has 1 aliphatic rings. The molecule has 4 heteroatoms. The van der Waals surface area contributed by atoms with Gasteiger partial charge in [-0.1, -0.05) is 22.0 Å². The quantitative estimate of drug-likeness (QED) is 0.867. The number of aliphatic hydroxyl groups is 1. The molecule has 1 fully saturated rings. The van der Waals surface area contributed by atoms with E-state index in [1.54, 1.807) is 11.8 Å². The number of halogens is 1. The van der Waals surface area contributed by atoms with Gasteiger partial charge in [-0.15, -0.1) is 11.8 Å². The van der Waals surface area contributed by atoms with Crippen LogP contribution in [0.4, 0.5) is 0 Å². The first-order chi connectivity index (χ1) is 7.75. The molecule has 1 heterocycles. The lowest BCUT2D eigenvalue weighted by molar-refractivity contribution is 0.109. The maximum atomic E-state index is 9.97. The van der Waals surface area contributed by atoms with Crippen LogP contribution >= 0.6 is 27.7 Å². The summed E-state index contributed by atoms with van der Waals surface area (Å²) in [7, 11) is 0. The number of rotatable bonds is 4. The largest absolute Gasteiger partial charge is 0.392 e. The Morgan fingerprint density at radius 2 is 2.44 bits per heavy atom. The van der Waals surface area contributed by atoms with E-state index in [1.165, 1.54) is 4.90 Å². The van der Waals surface area contributed by atoms with Crippen LogP contribution in [0, 0.1) is 5.92 Å². The van der Waals surface area contributed by atoms with Gasteiger partial charge in [0.05, 0.1) is 12.7 Å². The normalized spacial score (nSPS) is 22.2. The van der Waals surface area contributed by atoms with Crippen molar-refractivity contribution in [2.75, 3.05) is 19.0 Å². The molecule has 0 spiro atoms. The number of thioether (sulfide) groups is 1. The van der Waals surface area contributed by atoms with E-state index in [0.29, 0.717) is 12.5 Å². The standard InChI is InChI=1S/C12H15BrO2S/c13-10-2-1-3-11(6-10)16-8-12(14)9-4-5-15-7-9/h1-3,6,9,12,14H,4-5,7-8H2. The number of hydrogen-bond donors (Lipinski definition) is 1. The van der Waals surface area contributed by atoms with Crippen molar-refractivity contribution >= 4 is 27.7 Å². The fraction of sp³-hybridized carbons (Fsp3) is 0.500. The molecule has 0 aliphatic carbocycles. The Kier molecular flexibility index (Phi) is 4.70. The van der Waals surface area contributed by atoms with Crippen molar-refractivity contribution in [2.45, 2.75) is 17.4 Å². The molecule has 0 aromatic heterocycles. The zero-order valence-corrected chi connectivity index (χ0v) is 11.3. The monoisotopic (exact) mass is 302 g/mol. The molecule has 1 saturated heterocycles. The maximum absolute atomic E-state index is 9.97. The minimum atomic E-state index is -0.258. The van der Waals surface area contributed by atoms with Crippen LogP contribution in [-0.4, -0.2) is 30.2 Å². The van der Waals surface area contributed by atoms with Gasteiger partial charge < -0.3 is 9.84 Å². The van der Waals surface area contributed by atoms with Crippen LogP contribution < -0.4 is 0 Å². The van der Waals surface area contributed by atoms with Crippen LogP contribution in [0.15, 0.2) is 33.6 Å². The van der Waals surface area contributed by atoms with E-state index in [-0.39, 0.29) is 6.10 Å². The maximum Gasteiger partial charge on any atom is 0.0685 e. The fourth-order valence-corrected chi connectivity index (χ4v) is 3.30. The molecular formula is C12H15BrO2S. The van der Waals surface area contributed by atoms with Crippen LogP contribution in [-0.2, 0) is 4.74 Å². The number of hydrogen-bond acceptors (Lipinski definition) is 3. The molecule has 2 unspecified atom stereocenters. The summed E-state index contributed by atoms with van der Waals surface area (Å²) in [6.07, 6.45) is 0.728. The minimum absolute atomic E-state index is 0.258. The van der Waals surface area contributed by atoms with E-state index in [9.17, 15) is 5.11 Å². The van der Waals surface area contributed by atoms with E-state index in [1.807, 2.05) is 12.1 Å². The fourth-order valence-electron chi connectivity index (χ4n) is 1.73. The van der Waals surface area contributed by atoms with Crippen molar-refractivity contribution in [3.8, 4) is 0 Å². The number of benzene rings is 1. The molecule has 0 radical (unpaired) electrons. The number of aliphatic hydroxyl groups excluding tert-OH is 1. The van der Waals surface area contributed by atoms with Crippen LogP contribution in [0.25, 0.3) is 0 Å². The summed E-state index contributed by atoms with van der Waals surface area (Å²) >= 11 is 5.13. The highest BCUT2D eigenvalue weighted by atomic mass is 79.9. The Morgan fingerprint density at radius 3 is 3.12 bits per heavy atom. The smallest absolute Gasteiger partial charge is 0.0685 e. The second-order valence-electron chi connectivity index (χ2n) is 3.96. The first kappa shape index (κ1) is 12.4. The molecule has 2 atom stereocenters. The van der Waals surface area contributed by atoms with Gasteiger partial charge in [0.2, 0.25) is 0 Å². The minimum Gasteiger partial charge on any atom is -0.392 e. The molecule has 1 aromatic rings. The predicted octanol–water partition coefficient (Wildman–Crippen LogP) is 2.94. The van der Waals surface area contributed by atoms with Gasteiger partial charge in [-0.25, -0.2) is 0 Å². The third-order valence-corrected chi connectivity index (χ3v) is 4.31. The highest BCUT2D eigenvalue weighted by Crippen LogP contribution is 2.26. The molecule has 1 aliphatic heterocycles. The first-order valence-corrected chi connectivity index (χ1v) is 7.18. The summed E-state index contributed by atoms with van der Waals surface area (Å²) in [5, 5.41) is 9.97. The molecule has 2 rings (SSSR count). The molecular weight excluding hydrogens is 288 g/mol. The highest BCUT2D eigenvalue weighted by Gasteiger charge is 2.23. The summed E-state index contributed by atoms with van der Waals surface area (Å²) in [5.74, 6) is 1.06. The summed E-state index contributed by atoms with van der Waals surface area (Å²) in [6.45, 7) is 1.50. The molecule has 1 aromatic carbocycles. The van der Waals surface area contributed by atoms with E-state index in [0.717, 1.165) is 23.3 Å². The molecule has 16 heavy (non-hydrogen) atoms. The lowest BCUT2D eigenvalue weighted by atomic mass is 10.0. The topological polar surface area (TPSA) is 29.5 Å². The second kappa shape index (κ2) is 6.05. The summed E-state index contributed by atoms with van der Waals surface area (Å²) < 4.78 is 6.35. The predicted molar refractivity (Wildman–Crippen MR) is 69.8 cm³/mol. The van der Waals surface area contributed by atoms with Crippen LogP contribution in [0.3, 0.4) is 0 Å². The SMILES string of the molecule is OC(CSc1cccc(Br)c1)C1CCOC1. The Hall–Kier alpha value is -0.0300. The summed E-state index contributed by atoms with van der Waals surface area (Å²) in [5.41, 5.74) is 0. The molecule has 2 nitrogen and oxygen atoms in total. The molecule has 0 saturated carbocycles. The molecule has 1 N–H and O–H groups in total. The van der Waals surface area contributed by atoms with Gasteiger partial charge in [-0.3, -0.25) is 0 Å². The van der Waals surface area contributed by atoms with Gasteiger partial charge in [-0.05, 0) is 24.6 Å². The Bertz CT molecular complexity index is 340. The summed E-state index contributed by atoms with van der Waals surface area (Å²) in [6, 6.07) is 8.15. The van der Waals surface area contributed by atoms with Gasteiger partial charge in [0.1, 0.15) is 0 Å². The Labute approximate surface area is 109 Å². The van der Waals surface area contributed by atoms with Crippen molar-refractivity contribution in [1.29, 1.82) is 0 Å².